The lowest BCUT2D eigenvalue weighted by Crippen LogP contribution is -2.47. The average Bonchev–Trinajstić information content (AvgIpc) is 2.88. The van der Waals surface area contributed by atoms with Crippen molar-refractivity contribution in [2.75, 3.05) is 49.5 Å². The highest BCUT2D eigenvalue weighted by molar-refractivity contribution is 7.98. The van der Waals surface area contributed by atoms with Gasteiger partial charge in [0, 0.05) is 56.6 Å². The number of halogens is 3. The number of alkyl halides is 3. The number of piperazine rings is 1. The van der Waals surface area contributed by atoms with E-state index in [-0.39, 0.29) is 17.9 Å². The standard InChI is InChI=1S/C24H25F3N6O2S/c25-24(26,27)17-3-1-4-18(15-17)30-21(35)20-5-2-7-28-22(20)36-16-19-6-8-29-23(31-19)33-11-9-32(10-12-33)13-14-34/h1-8,15,34H,9-14,16H2,(H,30,35). The van der Waals surface area contributed by atoms with Crippen molar-refractivity contribution in [3.8, 4) is 0 Å². The maximum Gasteiger partial charge on any atom is 0.416 e. The summed E-state index contributed by atoms with van der Waals surface area (Å²) in [6, 6.07) is 9.47. The zero-order chi connectivity index (χ0) is 25.5. The molecule has 0 atom stereocenters. The summed E-state index contributed by atoms with van der Waals surface area (Å²) < 4.78 is 39.0. The number of amides is 1. The normalized spacial score (nSPS) is 14.6. The summed E-state index contributed by atoms with van der Waals surface area (Å²) in [5.41, 5.74) is 0.233. The summed E-state index contributed by atoms with van der Waals surface area (Å²) in [7, 11) is 0. The Morgan fingerprint density at radius 2 is 1.86 bits per heavy atom. The van der Waals surface area contributed by atoms with Gasteiger partial charge in [0.25, 0.3) is 5.91 Å². The van der Waals surface area contributed by atoms with Gasteiger partial charge in [0.1, 0.15) is 5.03 Å². The molecular weight excluding hydrogens is 493 g/mol. The Balaban J connectivity index is 1.41. The van der Waals surface area contributed by atoms with Crippen molar-refractivity contribution in [3.05, 3.63) is 71.7 Å². The number of anilines is 2. The number of hydrogen-bond donors (Lipinski definition) is 2. The summed E-state index contributed by atoms with van der Waals surface area (Å²) in [5, 5.41) is 12.1. The molecule has 190 valence electrons. The van der Waals surface area contributed by atoms with Crippen LogP contribution in [0.15, 0.2) is 59.9 Å². The van der Waals surface area contributed by atoms with Crippen molar-refractivity contribution < 1.29 is 23.1 Å². The molecule has 3 aromatic rings. The van der Waals surface area contributed by atoms with E-state index in [9.17, 15) is 18.0 Å². The van der Waals surface area contributed by atoms with Gasteiger partial charge in [-0.2, -0.15) is 13.2 Å². The molecule has 0 unspecified atom stereocenters. The molecule has 1 aliphatic rings. The topological polar surface area (TPSA) is 94.5 Å². The minimum Gasteiger partial charge on any atom is -0.395 e. The summed E-state index contributed by atoms with van der Waals surface area (Å²) in [6.07, 6.45) is -1.25. The third-order valence-corrected chi connectivity index (χ3v) is 6.63. The number of rotatable bonds is 8. The number of nitrogens with zero attached hydrogens (tertiary/aromatic N) is 5. The Hall–Kier alpha value is -3.22. The summed E-state index contributed by atoms with van der Waals surface area (Å²) in [4.78, 5) is 30.4. The first kappa shape index (κ1) is 25.9. The summed E-state index contributed by atoms with van der Waals surface area (Å²) in [5.74, 6) is 0.509. The average molecular weight is 519 g/mol. The highest BCUT2D eigenvalue weighted by atomic mass is 32.2. The number of aliphatic hydroxyl groups excluding tert-OH is 1. The first-order valence-electron chi connectivity index (χ1n) is 11.3. The summed E-state index contributed by atoms with van der Waals surface area (Å²) in [6.45, 7) is 3.95. The zero-order valence-corrected chi connectivity index (χ0v) is 20.1. The van der Waals surface area contributed by atoms with Crippen molar-refractivity contribution in [1.29, 1.82) is 0 Å². The van der Waals surface area contributed by atoms with Gasteiger partial charge in [-0.3, -0.25) is 9.69 Å². The minimum absolute atomic E-state index is 0.0501. The van der Waals surface area contributed by atoms with Crippen LogP contribution in [0.3, 0.4) is 0 Å². The molecule has 1 amide bonds. The summed E-state index contributed by atoms with van der Waals surface area (Å²) >= 11 is 1.31. The van der Waals surface area contributed by atoms with Crippen LogP contribution in [0.2, 0.25) is 0 Å². The van der Waals surface area contributed by atoms with E-state index >= 15 is 0 Å². The van der Waals surface area contributed by atoms with Crippen LogP contribution in [-0.4, -0.2) is 70.2 Å². The molecule has 2 N–H and O–H groups in total. The van der Waals surface area contributed by atoms with Gasteiger partial charge < -0.3 is 15.3 Å². The molecule has 8 nitrogen and oxygen atoms in total. The van der Waals surface area contributed by atoms with Gasteiger partial charge >= 0.3 is 6.18 Å². The fourth-order valence-corrected chi connectivity index (χ4v) is 4.62. The maximum absolute atomic E-state index is 13.0. The number of benzene rings is 1. The third-order valence-electron chi connectivity index (χ3n) is 5.59. The molecule has 36 heavy (non-hydrogen) atoms. The van der Waals surface area contributed by atoms with Gasteiger partial charge in [-0.1, -0.05) is 17.8 Å². The van der Waals surface area contributed by atoms with Crippen LogP contribution in [0.5, 0.6) is 0 Å². The Bertz CT molecular complexity index is 1190. The maximum atomic E-state index is 13.0. The van der Waals surface area contributed by atoms with E-state index < -0.39 is 17.6 Å². The molecule has 1 aromatic carbocycles. The lowest BCUT2D eigenvalue weighted by Gasteiger charge is -2.34. The Morgan fingerprint density at radius 1 is 1.06 bits per heavy atom. The molecular formula is C24H25F3N6O2S. The fourth-order valence-electron chi connectivity index (χ4n) is 3.72. The Morgan fingerprint density at radius 3 is 2.61 bits per heavy atom. The Labute approximate surface area is 210 Å². The van der Waals surface area contributed by atoms with Crippen molar-refractivity contribution >= 4 is 29.3 Å². The van der Waals surface area contributed by atoms with Crippen LogP contribution in [0.4, 0.5) is 24.8 Å². The van der Waals surface area contributed by atoms with Crippen molar-refractivity contribution in [3.63, 3.8) is 0 Å². The highest BCUT2D eigenvalue weighted by Crippen LogP contribution is 2.31. The largest absolute Gasteiger partial charge is 0.416 e. The van der Waals surface area contributed by atoms with Crippen LogP contribution in [0.25, 0.3) is 0 Å². The molecule has 0 radical (unpaired) electrons. The van der Waals surface area contributed by atoms with E-state index in [0.717, 1.165) is 44.0 Å². The Kier molecular flexibility index (Phi) is 8.39. The number of pyridine rings is 1. The number of carbonyl (C=O) groups excluding carboxylic acids is 1. The van der Waals surface area contributed by atoms with Crippen molar-refractivity contribution in [1.82, 2.24) is 19.9 Å². The second-order valence-corrected chi connectivity index (χ2v) is 9.04. The number of nitrogens with one attached hydrogen (secondary N) is 1. The molecule has 12 heteroatoms. The molecule has 0 bridgehead atoms. The molecule has 0 spiro atoms. The fraction of sp³-hybridized carbons (Fsp3) is 0.333. The molecule has 0 aliphatic carbocycles. The van der Waals surface area contributed by atoms with E-state index in [2.05, 4.69) is 30.1 Å². The number of aliphatic hydroxyl groups is 1. The van der Waals surface area contributed by atoms with Gasteiger partial charge in [-0.05, 0) is 36.4 Å². The van der Waals surface area contributed by atoms with Crippen molar-refractivity contribution in [2.45, 2.75) is 17.0 Å². The van der Waals surface area contributed by atoms with Gasteiger partial charge in [0.2, 0.25) is 5.95 Å². The number of hydrogen-bond acceptors (Lipinski definition) is 8. The van der Waals surface area contributed by atoms with Crippen LogP contribution < -0.4 is 10.2 Å². The van der Waals surface area contributed by atoms with Gasteiger partial charge in [-0.25, -0.2) is 15.0 Å². The lowest BCUT2D eigenvalue weighted by atomic mass is 10.2. The van der Waals surface area contributed by atoms with Gasteiger partial charge in [0.15, 0.2) is 0 Å². The SMILES string of the molecule is O=C(Nc1cccc(C(F)(F)F)c1)c1cccnc1SCc1ccnc(N2CCN(CCO)CC2)n1. The molecule has 2 aromatic heterocycles. The lowest BCUT2D eigenvalue weighted by molar-refractivity contribution is -0.137. The van der Waals surface area contributed by atoms with Gasteiger partial charge in [0.05, 0.1) is 23.4 Å². The second-order valence-electron chi connectivity index (χ2n) is 8.08. The number of β-amino-alcohol motifs (C(OH)–C–C–N with tert-alkyl or cyclic N) is 1. The quantitative estimate of drug-likeness (QED) is 0.438. The number of thioether (sulfide) groups is 1. The predicted octanol–water partition coefficient (Wildman–Crippen LogP) is 3.55. The smallest absolute Gasteiger partial charge is 0.395 e. The van der Waals surface area contributed by atoms with Gasteiger partial charge in [-0.15, -0.1) is 0 Å². The molecule has 4 rings (SSSR count). The van der Waals surface area contributed by atoms with Crippen LogP contribution in [-0.2, 0) is 11.9 Å². The molecule has 1 saturated heterocycles. The van der Waals surface area contributed by atoms with E-state index in [4.69, 9.17) is 5.11 Å². The zero-order valence-electron chi connectivity index (χ0n) is 19.3. The van der Waals surface area contributed by atoms with Crippen LogP contribution >= 0.6 is 11.8 Å². The number of carbonyl (C=O) groups is 1. The predicted molar refractivity (Wildman–Crippen MR) is 131 cm³/mol. The van der Waals surface area contributed by atoms with E-state index in [1.165, 1.54) is 23.9 Å². The molecule has 3 heterocycles. The van der Waals surface area contributed by atoms with Crippen LogP contribution in [0.1, 0.15) is 21.6 Å². The third kappa shape index (κ3) is 6.71. The number of aromatic nitrogens is 3. The minimum atomic E-state index is -4.50. The highest BCUT2D eigenvalue weighted by Gasteiger charge is 2.30. The molecule has 1 fully saturated rings. The second kappa shape index (κ2) is 11.7. The van der Waals surface area contributed by atoms with Crippen LogP contribution in [0, 0.1) is 0 Å². The first-order chi connectivity index (χ1) is 17.3. The van der Waals surface area contributed by atoms with E-state index in [1.807, 2.05) is 0 Å². The monoisotopic (exact) mass is 518 g/mol. The van der Waals surface area contributed by atoms with Crippen molar-refractivity contribution in [2.24, 2.45) is 0 Å². The molecule has 1 aliphatic heterocycles. The molecule has 0 saturated carbocycles. The van der Waals surface area contributed by atoms with E-state index in [0.29, 0.717) is 23.3 Å². The first-order valence-corrected chi connectivity index (χ1v) is 12.3. The van der Waals surface area contributed by atoms with E-state index in [1.54, 1.807) is 30.6 Å².